The molecule has 20 heavy (non-hydrogen) atoms. The number of carbonyl (C=O) groups excluding carboxylic acids is 2. The van der Waals surface area contributed by atoms with Crippen LogP contribution in [0.2, 0.25) is 0 Å². The van der Waals surface area contributed by atoms with Crippen LogP contribution in [-0.4, -0.2) is 18.2 Å². The predicted octanol–water partition coefficient (Wildman–Crippen LogP) is 3.82. The Bertz CT molecular complexity index is 358. The average Bonchev–Trinajstić information content (AvgIpc) is 2.33. The minimum Gasteiger partial charge on any atom is -0.355 e. The Kier molecular flexibility index (Phi) is 5.39. The first-order valence-corrected chi connectivity index (χ1v) is 7.84. The maximum atomic E-state index is 12.3. The fraction of sp³-hybridized carbons (Fsp3) is 0.882. The van der Waals surface area contributed by atoms with Crippen LogP contribution in [0.25, 0.3) is 0 Å². The molecule has 1 saturated carbocycles. The van der Waals surface area contributed by atoms with Crippen LogP contribution < -0.4 is 5.32 Å². The molecule has 0 bridgehead atoms. The van der Waals surface area contributed by atoms with E-state index in [4.69, 9.17) is 0 Å². The molecule has 1 aliphatic carbocycles. The topological polar surface area (TPSA) is 46.2 Å². The second kappa shape index (κ2) is 6.28. The van der Waals surface area contributed by atoms with Crippen molar-refractivity contribution in [3.05, 3.63) is 0 Å². The van der Waals surface area contributed by atoms with Gasteiger partial charge >= 0.3 is 0 Å². The first-order chi connectivity index (χ1) is 9.01. The normalized spacial score (nSPS) is 24.3. The highest BCUT2D eigenvalue weighted by atomic mass is 16.2. The second-order valence-electron chi connectivity index (χ2n) is 8.29. The van der Waals surface area contributed by atoms with Crippen molar-refractivity contribution in [3.8, 4) is 0 Å². The van der Waals surface area contributed by atoms with Crippen LogP contribution in [0, 0.1) is 22.7 Å². The van der Waals surface area contributed by atoms with Gasteiger partial charge in [0.1, 0.15) is 5.78 Å². The summed E-state index contributed by atoms with van der Waals surface area (Å²) in [6.45, 7) is 12.6. The Morgan fingerprint density at radius 3 is 1.85 bits per heavy atom. The van der Waals surface area contributed by atoms with Crippen molar-refractivity contribution in [2.24, 2.45) is 22.7 Å². The number of Topliss-reactive ketones (excluding diaryl/α,β-unsaturated/α-hetero) is 1. The van der Waals surface area contributed by atoms with Gasteiger partial charge in [-0.3, -0.25) is 9.59 Å². The summed E-state index contributed by atoms with van der Waals surface area (Å²) in [6.07, 6.45) is 4.06. The summed E-state index contributed by atoms with van der Waals surface area (Å²) in [5, 5.41) is 3.04. The van der Waals surface area contributed by atoms with E-state index in [1.54, 1.807) is 0 Å². The summed E-state index contributed by atoms with van der Waals surface area (Å²) in [4.78, 5) is 24.1. The lowest BCUT2D eigenvalue weighted by Gasteiger charge is -2.32. The van der Waals surface area contributed by atoms with Gasteiger partial charge in [-0.2, -0.15) is 0 Å². The Morgan fingerprint density at radius 2 is 1.45 bits per heavy atom. The molecule has 3 nitrogen and oxygen atoms in total. The van der Waals surface area contributed by atoms with Gasteiger partial charge in [0.25, 0.3) is 0 Å². The lowest BCUT2D eigenvalue weighted by atomic mass is 9.73. The number of hydrogen-bond acceptors (Lipinski definition) is 2. The quantitative estimate of drug-likeness (QED) is 0.856. The molecule has 0 saturated heterocycles. The molecule has 1 fully saturated rings. The number of nitrogens with one attached hydrogen (secondary N) is 1. The minimum absolute atomic E-state index is 0. The molecule has 1 aliphatic rings. The predicted molar refractivity (Wildman–Crippen MR) is 84.5 cm³/mol. The highest BCUT2D eigenvalue weighted by Gasteiger charge is 2.33. The Hall–Kier alpha value is -0.860. The monoisotopic (exact) mass is 283 g/mol. The van der Waals surface area contributed by atoms with Crippen molar-refractivity contribution in [3.63, 3.8) is 0 Å². The van der Waals surface area contributed by atoms with E-state index in [0.29, 0.717) is 11.7 Å². The van der Waals surface area contributed by atoms with Gasteiger partial charge in [0, 0.05) is 24.7 Å². The van der Waals surface area contributed by atoms with Gasteiger partial charge in [0.05, 0.1) is 0 Å². The lowest BCUT2D eigenvalue weighted by molar-refractivity contribution is -0.132. The van der Waals surface area contributed by atoms with Crippen molar-refractivity contribution in [2.75, 3.05) is 6.54 Å². The maximum Gasteiger partial charge on any atom is 0.225 e. The highest BCUT2D eigenvalue weighted by Crippen LogP contribution is 2.33. The second-order valence-corrected chi connectivity index (χ2v) is 8.29. The standard InChI is InChI=1S/C17H31NO2.H2/c1-16(2,3)14(19)13-9-7-12(8-10-13)11-18-15(20)17(4,5)6;/h12-13H,7-11H2,1-6H3,(H,18,20);1H. The van der Waals surface area contributed by atoms with Crippen LogP contribution in [0.3, 0.4) is 0 Å². The van der Waals surface area contributed by atoms with E-state index in [2.05, 4.69) is 5.32 Å². The smallest absolute Gasteiger partial charge is 0.225 e. The molecule has 0 aromatic heterocycles. The molecular weight excluding hydrogens is 250 g/mol. The number of carbonyl (C=O) groups is 2. The maximum absolute atomic E-state index is 12.3. The lowest BCUT2D eigenvalue weighted by Crippen LogP contribution is -2.39. The van der Waals surface area contributed by atoms with Crippen molar-refractivity contribution >= 4 is 11.7 Å². The first kappa shape index (κ1) is 17.2. The molecule has 0 spiro atoms. The van der Waals surface area contributed by atoms with Gasteiger partial charge in [-0.1, -0.05) is 41.5 Å². The van der Waals surface area contributed by atoms with Crippen LogP contribution in [0.15, 0.2) is 0 Å². The van der Waals surface area contributed by atoms with Gasteiger partial charge in [-0.05, 0) is 31.6 Å². The van der Waals surface area contributed by atoms with Crippen LogP contribution in [0.1, 0.15) is 68.7 Å². The summed E-state index contributed by atoms with van der Waals surface area (Å²) in [5.41, 5.74) is -0.544. The van der Waals surface area contributed by atoms with Crippen LogP contribution in [-0.2, 0) is 9.59 Å². The van der Waals surface area contributed by atoms with Crippen molar-refractivity contribution in [1.29, 1.82) is 0 Å². The summed E-state index contributed by atoms with van der Waals surface area (Å²) >= 11 is 0. The molecule has 3 heteroatoms. The van der Waals surface area contributed by atoms with Crippen molar-refractivity contribution in [2.45, 2.75) is 67.2 Å². The van der Waals surface area contributed by atoms with Crippen LogP contribution in [0.5, 0.6) is 0 Å². The molecule has 0 aliphatic heterocycles. The zero-order chi connectivity index (χ0) is 15.6. The third-order valence-corrected chi connectivity index (χ3v) is 4.19. The molecule has 0 aromatic carbocycles. The van der Waals surface area contributed by atoms with Crippen LogP contribution in [0.4, 0.5) is 0 Å². The molecule has 0 radical (unpaired) electrons. The summed E-state index contributed by atoms with van der Waals surface area (Å²) in [7, 11) is 0. The zero-order valence-corrected chi connectivity index (χ0v) is 14.0. The van der Waals surface area contributed by atoms with E-state index in [9.17, 15) is 9.59 Å². The Morgan fingerprint density at radius 1 is 0.950 bits per heavy atom. The van der Waals surface area contributed by atoms with E-state index >= 15 is 0 Å². The molecule has 0 unspecified atom stereocenters. The van der Waals surface area contributed by atoms with E-state index in [1.165, 1.54) is 0 Å². The Balaban J connectivity index is 0.00000400. The van der Waals surface area contributed by atoms with Crippen molar-refractivity contribution in [1.82, 2.24) is 5.32 Å². The van der Waals surface area contributed by atoms with Crippen molar-refractivity contribution < 1.29 is 11.0 Å². The fourth-order valence-electron chi connectivity index (χ4n) is 2.74. The molecule has 1 rings (SSSR count). The summed E-state index contributed by atoms with van der Waals surface area (Å²) in [6, 6.07) is 0. The summed E-state index contributed by atoms with van der Waals surface area (Å²) in [5.74, 6) is 1.27. The largest absolute Gasteiger partial charge is 0.355 e. The number of hydrogen-bond donors (Lipinski definition) is 1. The highest BCUT2D eigenvalue weighted by molar-refractivity contribution is 5.86. The van der Waals surface area contributed by atoms with Gasteiger partial charge in [-0.25, -0.2) is 0 Å². The summed E-state index contributed by atoms with van der Waals surface area (Å²) < 4.78 is 0. The molecule has 1 amide bonds. The van der Waals surface area contributed by atoms with E-state index in [1.807, 2.05) is 41.5 Å². The molecule has 118 valence electrons. The molecular formula is C17H33NO2. The minimum atomic E-state index is -0.320. The molecule has 0 aromatic rings. The molecule has 1 N–H and O–H groups in total. The van der Waals surface area contributed by atoms with Crippen LogP contribution >= 0.6 is 0 Å². The van der Waals surface area contributed by atoms with E-state index in [-0.39, 0.29) is 24.1 Å². The average molecular weight is 283 g/mol. The first-order valence-electron chi connectivity index (χ1n) is 7.84. The zero-order valence-electron chi connectivity index (χ0n) is 14.0. The third kappa shape index (κ3) is 4.92. The van der Waals surface area contributed by atoms with Gasteiger partial charge in [-0.15, -0.1) is 0 Å². The third-order valence-electron chi connectivity index (χ3n) is 4.19. The van der Waals surface area contributed by atoms with E-state index < -0.39 is 0 Å². The van der Waals surface area contributed by atoms with Gasteiger partial charge in [0.2, 0.25) is 5.91 Å². The number of rotatable bonds is 3. The SMILES string of the molecule is CC(C)(C)C(=O)NCC1CCC(C(=O)C(C)(C)C)CC1.[HH]. The number of amides is 1. The fourth-order valence-corrected chi connectivity index (χ4v) is 2.74. The van der Waals surface area contributed by atoms with Gasteiger partial charge < -0.3 is 5.32 Å². The number of ketones is 1. The molecule has 0 heterocycles. The van der Waals surface area contributed by atoms with E-state index in [0.717, 1.165) is 32.2 Å². The Labute approximate surface area is 125 Å². The van der Waals surface area contributed by atoms with Gasteiger partial charge in [0.15, 0.2) is 0 Å². The molecule has 0 atom stereocenters.